The summed E-state index contributed by atoms with van der Waals surface area (Å²) >= 11 is 5.81. The van der Waals surface area contributed by atoms with E-state index in [9.17, 15) is 8.78 Å². The lowest BCUT2D eigenvalue weighted by Gasteiger charge is -2.42. The van der Waals surface area contributed by atoms with Crippen molar-refractivity contribution in [2.75, 3.05) is 0 Å². The molecule has 2 aromatic rings. The molecule has 4 unspecified atom stereocenters. The first-order chi connectivity index (χ1) is 12.0. The van der Waals surface area contributed by atoms with Crippen LogP contribution in [-0.2, 0) is 0 Å². The highest BCUT2D eigenvalue weighted by Gasteiger charge is 2.35. The highest BCUT2D eigenvalue weighted by molar-refractivity contribution is 6.31. The van der Waals surface area contributed by atoms with Gasteiger partial charge in [-0.2, -0.15) is 0 Å². The van der Waals surface area contributed by atoms with Crippen molar-refractivity contribution in [2.24, 2.45) is 17.8 Å². The minimum atomic E-state index is -0.479. The molecule has 0 N–H and O–H groups in total. The van der Waals surface area contributed by atoms with Gasteiger partial charge in [0.25, 0.3) is 0 Å². The van der Waals surface area contributed by atoms with Crippen LogP contribution in [0, 0.1) is 29.4 Å². The second kappa shape index (κ2) is 6.87. The molecule has 2 aliphatic rings. The van der Waals surface area contributed by atoms with E-state index >= 15 is 0 Å². The lowest BCUT2D eigenvalue weighted by Crippen LogP contribution is -2.30. The standard InChI is InChI=1S/C22H25ClF2/c1-2-13-3-4-15-8-16(6-5-14(15)7-13)17-9-18-11-22(25)20(23)12-19(18)21(24)10-17/h9-16H,2-8H2,1H3. The molecule has 4 atom stereocenters. The number of rotatable bonds is 2. The molecular weight excluding hydrogens is 338 g/mol. The Morgan fingerprint density at radius 2 is 1.68 bits per heavy atom. The van der Waals surface area contributed by atoms with Crippen LogP contribution in [0.15, 0.2) is 24.3 Å². The SMILES string of the molecule is CCC1CCC2CC(c3cc(F)c4cc(Cl)c(F)cc4c3)CCC2C1. The summed E-state index contributed by atoms with van der Waals surface area (Å²) in [5, 5.41) is 1.01. The molecular formula is C22H25ClF2. The van der Waals surface area contributed by atoms with Crippen LogP contribution in [0.3, 0.4) is 0 Å². The Bertz CT molecular complexity index is 785. The Labute approximate surface area is 153 Å². The Balaban J connectivity index is 1.59. The molecule has 0 bridgehead atoms. The third-order valence-corrected chi connectivity index (χ3v) is 7.03. The van der Waals surface area contributed by atoms with Gasteiger partial charge in [-0.15, -0.1) is 0 Å². The van der Waals surface area contributed by atoms with Crippen LogP contribution in [-0.4, -0.2) is 0 Å². The fourth-order valence-corrected chi connectivity index (χ4v) is 5.39. The topological polar surface area (TPSA) is 0 Å². The van der Waals surface area contributed by atoms with Crippen molar-refractivity contribution >= 4 is 22.4 Å². The zero-order chi connectivity index (χ0) is 17.6. The summed E-state index contributed by atoms with van der Waals surface area (Å²) in [6, 6.07) is 6.39. The summed E-state index contributed by atoms with van der Waals surface area (Å²) in [4.78, 5) is 0. The van der Waals surface area contributed by atoms with Gasteiger partial charge in [0.1, 0.15) is 11.6 Å². The average molecular weight is 363 g/mol. The van der Waals surface area contributed by atoms with Crippen LogP contribution < -0.4 is 0 Å². The van der Waals surface area contributed by atoms with E-state index in [2.05, 4.69) is 6.92 Å². The summed E-state index contributed by atoms with van der Waals surface area (Å²) in [7, 11) is 0. The zero-order valence-electron chi connectivity index (χ0n) is 14.7. The van der Waals surface area contributed by atoms with Gasteiger partial charge in [0.2, 0.25) is 0 Å². The Hall–Kier alpha value is -1.15. The lowest BCUT2D eigenvalue weighted by atomic mass is 9.63. The molecule has 0 nitrogen and oxygen atoms in total. The maximum atomic E-state index is 14.6. The van der Waals surface area contributed by atoms with Gasteiger partial charge in [-0.25, -0.2) is 8.78 Å². The van der Waals surface area contributed by atoms with E-state index in [1.54, 1.807) is 6.07 Å². The Morgan fingerprint density at radius 3 is 2.48 bits per heavy atom. The van der Waals surface area contributed by atoms with Gasteiger partial charge in [0, 0.05) is 5.39 Å². The van der Waals surface area contributed by atoms with Crippen molar-refractivity contribution < 1.29 is 8.78 Å². The number of hydrogen-bond donors (Lipinski definition) is 0. The Morgan fingerprint density at radius 1 is 0.920 bits per heavy atom. The first kappa shape index (κ1) is 17.3. The maximum absolute atomic E-state index is 14.6. The molecule has 25 heavy (non-hydrogen) atoms. The van der Waals surface area contributed by atoms with Gasteiger partial charge in [-0.3, -0.25) is 0 Å². The first-order valence-electron chi connectivity index (χ1n) is 9.63. The highest BCUT2D eigenvalue weighted by Crippen LogP contribution is 2.48. The molecule has 3 heteroatoms. The highest BCUT2D eigenvalue weighted by atomic mass is 35.5. The lowest BCUT2D eigenvalue weighted by molar-refractivity contribution is 0.116. The van der Waals surface area contributed by atoms with Gasteiger partial charge < -0.3 is 0 Å². The van der Waals surface area contributed by atoms with Crippen molar-refractivity contribution in [3.05, 3.63) is 46.5 Å². The normalized spacial score (nSPS) is 29.6. The Kier molecular flexibility index (Phi) is 4.75. The van der Waals surface area contributed by atoms with Crippen molar-refractivity contribution in [1.82, 2.24) is 0 Å². The smallest absolute Gasteiger partial charge is 0.142 e. The number of halogens is 3. The summed E-state index contributed by atoms with van der Waals surface area (Å²) in [5.41, 5.74) is 1.03. The molecule has 0 aromatic heterocycles. The fourth-order valence-electron chi connectivity index (χ4n) is 5.23. The summed E-state index contributed by atoms with van der Waals surface area (Å²) < 4.78 is 28.4. The van der Waals surface area contributed by atoms with E-state index in [0.29, 0.717) is 16.7 Å². The van der Waals surface area contributed by atoms with Gasteiger partial charge >= 0.3 is 0 Å². The van der Waals surface area contributed by atoms with E-state index < -0.39 is 5.82 Å². The van der Waals surface area contributed by atoms with Gasteiger partial charge in [0.15, 0.2) is 0 Å². The van der Waals surface area contributed by atoms with Gasteiger partial charge in [-0.05, 0) is 84.9 Å². The molecule has 2 fully saturated rings. The van der Waals surface area contributed by atoms with Crippen LogP contribution in [0.1, 0.15) is 63.4 Å². The molecule has 0 saturated heterocycles. The molecule has 2 saturated carbocycles. The van der Waals surface area contributed by atoms with E-state index in [0.717, 1.165) is 36.2 Å². The third kappa shape index (κ3) is 3.30. The number of benzene rings is 2. The largest absolute Gasteiger partial charge is 0.206 e. The van der Waals surface area contributed by atoms with E-state index in [1.807, 2.05) is 6.07 Å². The van der Waals surface area contributed by atoms with E-state index in [-0.39, 0.29) is 10.8 Å². The summed E-state index contributed by atoms with van der Waals surface area (Å²) in [5.74, 6) is 2.18. The van der Waals surface area contributed by atoms with E-state index in [1.165, 1.54) is 44.2 Å². The van der Waals surface area contributed by atoms with Crippen LogP contribution in [0.25, 0.3) is 10.8 Å². The first-order valence-corrected chi connectivity index (χ1v) is 10.0. The molecule has 0 aliphatic heterocycles. The van der Waals surface area contributed by atoms with Crippen molar-refractivity contribution in [3.8, 4) is 0 Å². The van der Waals surface area contributed by atoms with Crippen LogP contribution in [0.5, 0.6) is 0 Å². The fraction of sp³-hybridized carbons (Fsp3) is 0.545. The maximum Gasteiger partial charge on any atom is 0.142 e. The minimum Gasteiger partial charge on any atom is -0.206 e. The predicted molar refractivity (Wildman–Crippen MR) is 100 cm³/mol. The second-order valence-corrected chi connectivity index (χ2v) is 8.51. The quantitative estimate of drug-likeness (QED) is 0.519. The van der Waals surface area contributed by atoms with Crippen LogP contribution in [0.2, 0.25) is 5.02 Å². The van der Waals surface area contributed by atoms with Crippen LogP contribution >= 0.6 is 11.6 Å². The molecule has 0 amide bonds. The molecule has 2 aliphatic carbocycles. The predicted octanol–water partition coefficient (Wildman–Crippen LogP) is 7.48. The molecule has 134 valence electrons. The van der Waals surface area contributed by atoms with Crippen molar-refractivity contribution in [2.45, 2.75) is 57.8 Å². The zero-order valence-corrected chi connectivity index (χ0v) is 15.5. The number of fused-ring (bicyclic) bond motifs is 2. The third-order valence-electron chi connectivity index (χ3n) is 6.74. The van der Waals surface area contributed by atoms with Gasteiger partial charge in [0.05, 0.1) is 5.02 Å². The average Bonchev–Trinajstić information content (AvgIpc) is 2.62. The molecule has 4 rings (SSSR count). The van der Waals surface area contributed by atoms with Gasteiger partial charge in [-0.1, -0.05) is 37.4 Å². The minimum absolute atomic E-state index is 0.0210. The number of hydrogen-bond acceptors (Lipinski definition) is 0. The van der Waals surface area contributed by atoms with Crippen LogP contribution in [0.4, 0.5) is 8.78 Å². The van der Waals surface area contributed by atoms with E-state index in [4.69, 9.17) is 11.6 Å². The van der Waals surface area contributed by atoms with Crippen molar-refractivity contribution in [1.29, 1.82) is 0 Å². The van der Waals surface area contributed by atoms with Crippen molar-refractivity contribution in [3.63, 3.8) is 0 Å². The molecule has 0 heterocycles. The molecule has 0 spiro atoms. The summed E-state index contributed by atoms with van der Waals surface area (Å²) in [6.07, 6.45) is 8.88. The second-order valence-electron chi connectivity index (χ2n) is 8.11. The molecule has 0 radical (unpaired) electrons. The molecule has 2 aromatic carbocycles. The monoisotopic (exact) mass is 362 g/mol. The summed E-state index contributed by atoms with van der Waals surface area (Å²) in [6.45, 7) is 2.31.